The van der Waals surface area contributed by atoms with Gasteiger partial charge in [0, 0.05) is 11.8 Å². The molecule has 0 aliphatic rings. The van der Waals surface area contributed by atoms with E-state index in [-0.39, 0.29) is 5.82 Å². The van der Waals surface area contributed by atoms with Crippen molar-refractivity contribution in [1.29, 1.82) is 0 Å². The summed E-state index contributed by atoms with van der Waals surface area (Å²) in [7, 11) is 0. The molecule has 3 nitrogen and oxygen atoms in total. The number of hydrogen-bond donors (Lipinski definition) is 1. The molecule has 1 atom stereocenters. The molecule has 2 rings (SSSR count). The van der Waals surface area contributed by atoms with Gasteiger partial charge in [0.05, 0.1) is 12.8 Å². The van der Waals surface area contributed by atoms with Gasteiger partial charge in [-0.1, -0.05) is 19.1 Å². The zero-order chi connectivity index (χ0) is 14.6. The highest BCUT2D eigenvalue weighted by Crippen LogP contribution is 2.30. The molecule has 0 amide bonds. The number of halogens is 1. The maximum absolute atomic E-state index is 13.3. The molecule has 1 aromatic carbocycles. The lowest BCUT2D eigenvalue weighted by Crippen LogP contribution is -2.23. The molecule has 0 aliphatic heterocycles. The minimum Gasteiger partial charge on any atom is -0.492 e. The van der Waals surface area contributed by atoms with Crippen molar-refractivity contribution in [3.8, 4) is 5.75 Å². The third kappa shape index (κ3) is 3.14. The van der Waals surface area contributed by atoms with E-state index in [1.165, 1.54) is 12.1 Å². The standard InChI is InChI=1S/C16H18FNO2/c1-3-7-20-15-9-13(10-18-11-15)16(2,19)12-5-4-6-14(17)8-12/h4-6,8-11,19H,3,7H2,1-2H3. The smallest absolute Gasteiger partial charge is 0.137 e. The van der Waals surface area contributed by atoms with Crippen molar-refractivity contribution < 1.29 is 14.2 Å². The van der Waals surface area contributed by atoms with E-state index in [0.29, 0.717) is 23.5 Å². The van der Waals surface area contributed by atoms with Crippen molar-refractivity contribution in [2.24, 2.45) is 0 Å². The predicted octanol–water partition coefficient (Wildman–Crippen LogP) is 3.27. The van der Waals surface area contributed by atoms with Crippen LogP contribution in [0, 0.1) is 5.82 Å². The molecule has 0 saturated carbocycles. The Bertz CT molecular complexity index is 584. The van der Waals surface area contributed by atoms with E-state index in [1.807, 2.05) is 6.92 Å². The average molecular weight is 275 g/mol. The minimum atomic E-state index is -1.32. The van der Waals surface area contributed by atoms with Gasteiger partial charge < -0.3 is 9.84 Å². The van der Waals surface area contributed by atoms with Crippen LogP contribution in [0.2, 0.25) is 0 Å². The molecule has 2 aromatic rings. The lowest BCUT2D eigenvalue weighted by Gasteiger charge is -2.24. The molecule has 1 unspecified atom stereocenters. The second-order valence-corrected chi connectivity index (χ2v) is 4.84. The molecule has 4 heteroatoms. The van der Waals surface area contributed by atoms with Crippen molar-refractivity contribution in [2.75, 3.05) is 6.61 Å². The van der Waals surface area contributed by atoms with E-state index < -0.39 is 5.60 Å². The Morgan fingerprint density at radius 2 is 2.05 bits per heavy atom. The second-order valence-electron chi connectivity index (χ2n) is 4.84. The van der Waals surface area contributed by atoms with Crippen molar-refractivity contribution >= 4 is 0 Å². The maximum atomic E-state index is 13.3. The molecule has 106 valence electrons. The van der Waals surface area contributed by atoms with Crippen LogP contribution in [0.1, 0.15) is 31.4 Å². The summed E-state index contributed by atoms with van der Waals surface area (Å²) in [6.45, 7) is 4.22. The molecule has 0 radical (unpaired) electrons. The van der Waals surface area contributed by atoms with Crippen molar-refractivity contribution in [3.63, 3.8) is 0 Å². The molecule has 1 heterocycles. The van der Waals surface area contributed by atoms with E-state index in [0.717, 1.165) is 6.42 Å². The Hall–Kier alpha value is -1.94. The highest BCUT2D eigenvalue weighted by molar-refractivity contribution is 5.37. The van der Waals surface area contributed by atoms with Crippen molar-refractivity contribution in [2.45, 2.75) is 25.9 Å². The number of hydrogen-bond acceptors (Lipinski definition) is 3. The van der Waals surface area contributed by atoms with E-state index in [4.69, 9.17) is 4.74 Å². The highest BCUT2D eigenvalue weighted by Gasteiger charge is 2.26. The van der Waals surface area contributed by atoms with Crippen molar-refractivity contribution in [1.82, 2.24) is 4.98 Å². The largest absolute Gasteiger partial charge is 0.492 e. The summed E-state index contributed by atoms with van der Waals surface area (Å²) in [6, 6.07) is 7.65. The zero-order valence-corrected chi connectivity index (χ0v) is 11.6. The van der Waals surface area contributed by atoms with E-state index in [9.17, 15) is 9.50 Å². The predicted molar refractivity (Wildman–Crippen MR) is 75.1 cm³/mol. The van der Waals surface area contributed by atoms with Gasteiger partial charge in [0.25, 0.3) is 0 Å². The van der Waals surface area contributed by atoms with E-state index in [1.54, 1.807) is 37.5 Å². The Balaban J connectivity index is 2.33. The van der Waals surface area contributed by atoms with Crippen LogP contribution in [0.25, 0.3) is 0 Å². The van der Waals surface area contributed by atoms with Crippen LogP contribution in [0.4, 0.5) is 4.39 Å². The number of aliphatic hydroxyl groups is 1. The fourth-order valence-electron chi connectivity index (χ4n) is 1.94. The van der Waals surface area contributed by atoms with Crippen LogP contribution in [-0.4, -0.2) is 16.7 Å². The fraction of sp³-hybridized carbons (Fsp3) is 0.312. The van der Waals surface area contributed by atoms with Gasteiger partial charge in [0.1, 0.15) is 17.2 Å². The average Bonchev–Trinajstić information content (AvgIpc) is 2.45. The number of nitrogens with zero attached hydrogens (tertiary/aromatic N) is 1. The van der Waals surface area contributed by atoms with Gasteiger partial charge in [0.15, 0.2) is 0 Å². The maximum Gasteiger partial charge on any atom is 0.137 e. The van der Waals surface area contributed by atoms with Gasteiger partial charge in [0.2, 0.25) is 0 Å². The molecule has 1 N–H and O–H groups in total. The minimum absolute atomic E-state index is 0.380. The number of rotatable bonds is 5. The highest BCUT2D eigenvalue weighted by atomic mass is 19.1. The monoisotopic (exact) mass is 275 g/mol. The molecule has 20 heavy (non-hydrogen) atoms. The summed E-state index contributed by atoms with van der Waals surface area (Å²) in [5, 5.41) is 10.7. The van der Waals surface area contributed by atoms with Gasteiger partial charge in [-0.25, -0.2) is 4.39 Å². The number of ether oxygens (including phenoxy) is 1. The Kier molecular flexibility index (Phi) is 4.35. The van der Waals surface area contributed by atoms with Crippen LogP contribution in [-0.2, 0) is 5.60 Å². The molecule has 0 bridgehead atoms. The van der Waals surface area contributed by atoms with Crippen LogP contribution < -0.4 is 4.74 Å². The molecule has 0 saturated heterocycles. The topological polar surface area (TPSA) is 42.4 Å². The van der Waals surface area contributed by atoms with Crippen LogP contribution >= 0.6 is 0 Å². The zero-order valence-electron chi connectivity index (χ0n) is 11.6. The summed E-state index contributed by atoms with van der Waals surface area (Å²) >= 11 is 0. The fourth-order valence-corrected chi connectivity index (χ4v) is 1.94. The first-order valence-corrected chi connectivity index (χ1v) is 6.60. The molecular formula is C16H18FNO2. The number of benzene rings is 1. The van der Waals surface area contributed by atoms with Gasteiger partial charge >= 0.3 is 0 Å². The molecule has 0 spiro atoms. The van der Waals surface area contributed by atoms with Crippen LogP contribution in [0.15, 0.2) is 42.7 Å². The molecule has 0 aliphatic carbocycles. The van der Waals surface area contributed by atoms with Crippen LogP contribution in [0.5, 0.6) is 5.75 Å². The molecular weight excluding hydrogens is 257 g/mol. The summed E-state index contributed by atoms with van der Waals surface area (Å²) in [4.78, 5) is 4.07. The molecule has 0 fully saturated rings. The van der Waals surface area contributed by atoms with Gasteiger partial charge in [-0.2, -0.15) is 0 Å². The van der Waals surface area contributed by atoms with Gasteiger partial charge in [-0.3, -0.25) is 4.98 Å². The second kappa shape index (κ2) is 6.01. The number of aromatic nitrogens is 1. The third-order valence-corrected chi connectivity index (χ3v) is 3.13. The Morgan fingerprint density at radius 1 is 1.25 bits per heavy atom. The normalized spacial score (nSPS) is 13.8. The van der Waals surface area contributed by atoms with Crippen molar-refractivity contribution in [3.05, 3.63) is 59.7 Å². The first-order valence-electron chi connectivity index (χ1n) is 6.60. The van der Waals surface area contributed by atoms with Crippen LogP contribution in [0.3, 0.4) is 0 Å². The summed E-state index contributed by atoms with van der Waals surface area (Å²) < 4.78 is 18.8. The van der Waals surface area contributed by atoms with Gasteiger partial charge in [-0.05, 0) is 37.1 Å². The SMILES string of the molecule is CCCOc1cncc(C(C)(O)c2cccc(F)c2)c1. The number of pyridine rings is 1. The summed E-state index contributed by atoms with van der Waals surface area (Å²) in [6.07, 6.45) is 4.05. The Morgan fingerprint density at radius 3 is 2.75 bits per heavy atom. The first kappa shape index (κ1) is 14.5. The summed E-state index contributed by atoms with van der Waals surface area (Å²) in [5.74, 6) is 0.218. The first-order chi connectivity index (χ1) is 9.54. The lowest BCUT2D eigenvalue weighted by atomic mass is 9.89. The van der Waals surface area contributed by atoms with Gasteiger partial charge in [-0.15, -0.1) is 0 Å². The summed E-state index contributed by atoms with van der Waals surface area (Å²) in [5.41, 5.74) is -0.274. The molecule has 1 aromatic heterocycles. The quantitative estimate of drug-likeness (QED) is 0.910. The lowest BCUT2D eigenvalue weighted by molar-refractivity contribution is 0.101. The third-order valence-electron chi connectivity index (χ3n) is 3.13. The van der Waals surface area contributed by atoms with E-state index >= 15 is 0 Å². The van der Waals surface area contributed by atoms with E-state index in [2.05, 4.69) is 4.98 Å². The Labute approximate surface area is 118 Å².